The van der Waals surface area contributed by atoms with Crippen molar-refractivity contribution in [1.82, 2.24) is 19.5 Å². The molecule has 0 bridgehead atoms. The van der Waals surface area contributed by atoms with E-state index in [4.69, 9.17) is 0 Å². The van der Waals surface area contributed by atoms with Crippen molar-refractivity contribution in [3.63, 3.8) is 0 Å². The maximum Gasteiger partial charge on any atom is 0.418 e. The number of anilines is 1. The molecule has 0 aliphatic carbocycles. The van der Waals surface area contributed by atoms with Gasteiger partial charge >= 0.3 is 6.18 Å². The van der Waals surface area contributed by atoms with E-state index in [1.165, 1.54) is 29.1 Å². The van der Waals surface area contributed by atoms with E-state index in [1.807, 2.05) is 0 Å². The lowest BCUT2D eigenvalue weighted by Crippen LogP contribution is -2.18. The highest BCUT2D eigenvalue weighted by molar-refractivity contribution is 7.99. The molecule has 2 heterocycles. The number of H-pyrrole nitrogens is 1. The van der Waals surface area contributed by atoms with Gasteiger partial charge in [0.05, 0.1) is 23.3 Å². The van der Waals surface area contributed by atoms with E-state index in [9.17, 15) is 22.8 Å². The molecule has 0 saturated carbocycles. The number of aryl methyl sites for hydroxylation is 1. The molecule has 0 aliphatic heterocycles. The molecule has 26 heavy (non-hydrogen) atoms. The van der Waals surface area contributed by atoms with Crippen LogP contribution in [0.15, 0.2) is 40.5 Å². The van der Waals surface area contributed by atoms with Crippen LogP contribution >= 0.6 is 11.8 Å². The third-order valence-corrected chi connectivity index (χ3v) is 4.49. The van der Waals surface area contributed by atoms with Crippen LogP contribution in [0.2, 0.25) is 0 Å². The Morgan fingerprint density at radius 1 is 1.35 bits per heavy atom. The second-order valence-corrected chi connectivity index (χ2v) is 6.18. The van der Waals surface area contributed by atoms with Gasteiger partial charge in [-0.25, -0.2) is 9.97 Å². The van der Waals surface area contributed by atoms with Gasteiger partial charge in [0.1, 0.15) is 0 Å². The van der Waals surface area contributed by atoms with Gasteiger partial charge in [0.25, 0.3) is 5.56 Å². The number of carbonyl (C=O) groups excluding carboxylic acids is 1. The Morgan fingerprint density at radius 2 is 2.08 bits per heavy atom. The van der Waals surface area contributed by atoms with Crippen LogP contribution in [-0.2, 0) is 18.0 Å². The highest BCUT2D eigenvalue weighted by Gasteiger charge is 2.33. The number of nitrogens with one attached hydrogen (secondary N) is 2. The number of para-hydroxylation sites is 1. The first-order chi connectivity index (χ1) is 12.3. The fourth-order valence-corrected chi connectivity index (χ4v) is 3.04. The Labute approximate surface area is 148 Å². The lowest BCUT2D eigenvalue weighted by atomic mass is 10.1. The fraction of sp³-hybridized carbons (Fsp3) is 0.200. The Morgan fingerprint density at radius 3 is 2.77 bits per heavy atom. The number of imidazole rings is 1. The number of amides is 1. The molecule has 136 valence electrons. The minimum atomic E-state index is -4.57. The number of aromatic nitrogens is 4. The fourth-order valence-electron chi connectivity index (χ4n) is 2.28. The van der Waals surface area contributed by atoms with Crippen molar-refractivity contribution < 1.29 is 18.0 Å². The predicted molar refractivity (Wildman–Crippen MR) is 89.9 cm³/mol. The molecule has 3 rings (SSSR count). The first-order valence-electron chi connectivity index (χ1n) is 7.26. The van der Waals surface area contributed by atoms with Gasteiger partial charge in [-0.3, -0.25) is 9.59 Å². The average Bonchev–Trinajstić information content (AvgIpc) is 2.90. The molecule has 0 fully saturated rings. The number of alkyl halides is 3. The molecular weight excluding hydrogens is 371 g/mol. The summed E-state index contributed by atoms with van der Waals surface area (Å²) in [7, 11) is 1.63. The lowest BCUT2D eigenvalue weighted by Gasteiger charge is -2.13. The number of halogens is 3. The molecule has 0 saturated heterocycles. The Kier molecular flexibility index (Phi) is 4.72. The van der Waals surface area contributed by atoms with Gasteiger partial charge in [-0.2, -0.15) is 13.2 Å². The molecule has 1 amide bonds. The Hall–Kier alpha value is -2.82. The normalized spacial score (nSPS) is 11.7. The first-order valence-corrected chi connectivity index (χ1v) is 8.25. The van der Waals surface area contributed by atoms with E-state index in [0.717, 1.165) is 17.8 Å². The van der Waals surface area contributed by atoms with Gasteiger partial charge in [0, 0.05) is 7.05 Å². The summed E-state index contributed by atoms with van der Waals surface area (Å²) in [4.78, 5) is 34.2. The smallest absolute Gasteiger partial charge is 0.325 e. The van der Waals surface area contributed by atoms with E-state index in [2.05, 4.69) is 20.3 Å². The lowest BCUT2D eigenvalue weighted by molar-refractivity contribution is -0.137. The molecule has 0 spiro atoms. The molecule has 0 atom stereocenters. The van der Waals surface area contributed by atoms with Crippen LogP contribution < -0.4 is 10.9 Å². The van der Waals surface area contributed by atoms with Crippen molar-refractivity contribution in [2.45, 2.75) is 11.3 Å². The van der Waals surface area contributed by atoms with E-state index in [1.54, 1.807) is 7.05 Å². The van der Waals surface area contributed by atoms with E-state index in [0.29, 0.717) is 10.8 Å². The van der Waals surface area contributed by atoms with Gasteiger partial charge in [0.2, 0.25) is 5.91 Å². The summed E-state index contributed by atoms with van der Waals surface area (Å²) in [6.07, 6.45) is -3.33. The summed E-state index contributed by atoms with van der Waals surface area (Å²) in [6.45, 7) is 0. The maximum atomic E-state index is 12.9. The first kappa shape index (κ1) is 18.0. The van der Waals surface area contributed by atoms with Crippen LogP contribution in [0.1, 0.15) is 5.56 Å². The molecule has 0 unspecified atom stereocenters. The highest BCUT2D eigenvalue weighted by atomic mass is 32.2. The van der Waals surface area contributed by atoms with Gasteiger partial charge in [-0.15, -0.1) is 0 Å². The van der Waals surface area contributed by atoms with Crippen LogP contribution in [0.4, 0.5) is 18.9 Å². The van der Waals surface area contributed by atoms with Crippen molar-refractivity contribution >= 4 is 34.5 Å². The minimum Gasteiger partial charge on any atom is -0.325 e. The summed E-state index contributed by atoms with van der Waals surface area (Å²) < 4.78 is 40.4. The van der Waals surface area contributed by atoms with Crippen LogP contribution in [0.5, 0.6) is 0 Å². The Balaban J connectivity index is 1.74. The highest BCUT2D eigenvalue weighted by Crippen LogP contribution is 2.34. The summed E-state index contributed by atoms with van der Waals surface area (Å²) in [5, 5.41) is 2.60. The summed E-state index contributed by atoms with van der Waals surface area (Å²) in [5.74, 6) is -0.804. The largest absolute Gasteiger partial charge is 0.418 e. The molecule has 3 aromatic rings. The molecule has 0 aliphatic rings. The Bertz CT molecular complexity index is 1030. The minimum absolute atomic E-state index is 0.125. The quantitative estimate of drug-likeness (QED) is 0.675. The third kappa shape index (κ3) is 3.57. The molecule has 1 aromatic carbocycles. The standard InChI is InChI=1S/C15H12F3N5O2S/c1-23-12-11(13(25)20-7-19-12)22-14(23)26-6-10(24)21-9-5-3-2-4-8(9)15(16,17)18/h2-5,7H,6H2,1H3,(H,21,24)(H,19,20,25). The van der Waals surface area contributed by atoms with Gasteiger partial charge in [-0.05, 0) is 12.1 Å². The van der Waals surface area contributed by atoms with Crippen LogP contribution in [0.25, 0.3) is 11.2 Å². The summed E-state index contributed by atoms with van der Waals surface area (Å²) >= 11 is 0.988. The average molecular weight is 383 g/mol. The molecule has 0 radical (unpaired) electrons. The number of hydrogen-bond donors (Lipinski definition) is 2. The van der Waals surface area contributed by atoms with E-state index < -0.39 is 23.2 Å². The van der Waals surface area contributed by atoms with Crippen molar-refractivity contribution in [1.29, 1.82) is 0 Å². The molecule has 2 N–H and O–H groups in total. The molecule has 7 nitrogen and oxygen atoms in total. The zero-order valence-electron chi connectivity index (χ0n) is 13.3. The number of carbonyl (C=O) groups is 1. The number of rotatable bonds is 4. The van der Waals surface area contributed by atoms with Gasteiger partial charge < -0.3 is 14.9 Å². The predicted octanol–water partition coefficient (Wildman–Crippen LogP) is 2.41. The summed E-state index contributed by atoms with van der Waals surface area (Å²) in [5.41, 5.74) is -1.18. The van der Waals surface area contributed by atoms with Crippen molar-refractivity contribution in [2.24, 2.45) is 7.05 Å². The zero-order chi connectivity index (χ0) is 18.9. The number of fused-ring (bicyclic) bond motifs is 1. The number of benzene rings is 1. The second kappa shape index (κ2) is 6.83. The van der Waals surface area contributed by atoms with Crippen LogP contribution in [-0.4, -0.2) is 31.2 Å². The number of thioether (sulfide) groups is 1. The summed E-state index contributed by atoms with van der Waals surface area (Å²) in [6, 6.07) is 4.73. The van der Waals surface area contributed by atoms with Crippen LogP contribution in [0, 0.1) is 0 Å². The third-order valence-electron chi connectivity index (χ3n) is 3.46. The van der Waals surface area contributed by atoms with E-state index >= 15 is 0 Å². The van der Waals surface area contributed by atoms with Crippen LogP contribution in [0.3, 0.4) is 0 Å². The number of hydrogen-bond acceptors (Lipinski definition) is 5. The van der Waals surface area contributed by atoms with Crippen molar-refractivity contribution in [2.75, 3.05) is 11.1 Å². The van der Waals surface area contributed by atoms with Crippen molar-refractivity contribution in [3.05, 3.63) is 46.5 Å². The zero-order valence-corrected chi connectivity index (χ0v) is 14.1. The van der Waals surface area contributed by atoms with E-state index in [-0.39, 0.29) is 17.0 Å². The number of aromatic amines is 1. The topological polar surface area (TPSA) is 92.7 Å². The molecular formula is C15H12F3N5O2S. The second-order valence-electron chi connectivity index (χ2n) is 5.24. The molecule has 2 aromatic heterocycles. The number of nitrogens with zero attached hydrogens (tertiary/aromatic N) is 3. The van der Waals surface area contributed by atoms with Crippen molar-refractivity contribution in [3.8, 4) is 0 Å². The SMILES string of the molecule is Cn1c(SCC(=O)Nc2ccccc2C(F)(F)F)nc2c(=O)[nH]cnc21. The monoisotopic (exact) mass is 383 g/mol. The van der Waals surface area contributed by atoms with Gasteiger partial charge in [-0.1, -0.05) is 23.9 Å². The maximum absolute atomic E-state index is 12.9. The van der Waals surface area contributed by atoms with Gasteiger partial charge in [0.15, 0.2) is 16.3 Å². The molecule has 11 heteroatoms.